The van der Waals surface area contributed by atoms with Gasteiger partial charge in [0.1, 0.15) is 0 Å². The number of hydrogen-bond acceptors (Lipinski definition) is 2. The van der Waals surface area contributed by atoms with Crippen LogP contribution >= 0.6 is 0 Å². The third kappa shape index (κ3) is 4.52. The van der Waals surface area contributed by atoms with Crippen molar-refractivity contribution in [3.8, 4) is 0 Å². The summed E-state index contributed by atoms with van der Waals surface area (Å²) in [5, 5.41) is 3.52. The van der Waals surface area contributed by atoms with E-state index >= 15 is 0 Å². The number of rotatable bonds is 7. The van der Waals surface area contributed by atoms with Gasteiger partial charge in [-0.15, -0.1) is 0 Å². The number of nitrogens with zero attached hydrogens (tertiary/aromatic N) is 1. The molecule has 90 valence electrons. The van der Waals surface area contributed by atoms with Crippen LogP contribution in [0.4, 0.5) is 0 Å². The Morgan fingerprint density at radius 3 is 2.40 bits per heavy atom. The monoisotopic (exact) mass is 212 g/mol. The van der Waals surface area contributed by atoms with Gasteiger partial charge in [-0.1, -0.05) is 20.3 Å². The molecule has 0 aromatic rings. The predicted molar refractivity (Wildman–Crippen MR) is 67.2 cm³/mol. The fourth-order valence-corrected chi connectivity index (χ4v) is 2.06. The number of hydrogen-bond donors (Lipinski definition) is 1. The highest BCUT2D eigenvalue weighted by atomic mass is 15.2. The molecule has 1 atom stereocenters. The summed E-state index contributed by atoms with van der Waals surface area (Å²) in [6, 6.07) is 1.61. The molecule has 0 saturated heterocycles. The summed E-state index contributed by atoms with van der Waals surface area (Å²) in [7, 11) is 2.29. The minimum atomic E-state index is 0.731. The number of nitrogens with one attached hydrogen (secondary N) is 1. The first-order chi connectivity index (χ1) is 7.11. The highest BCUT2D eigenvalue weighted by molar-refractivity contribution is 4.81. The topological polar surface area (TPSA) is 15.3 Å². The molecule has 1 fully saturated rings. The zero-order chi connectivity index (χ0) is 11.3. The average Bonchev–Trinajstić information content (AvgIpc) is 2.08. The Morgan fingerprint density at radius 1 is 1.27 bits per heavy atom. The summed E-state index contributed by atoms with van der Waals surface area (Å²) in [5.74, 6) is 0.768. The van der Waals surface area contributed by atoms with E-state index in [-0.39, 0.29) is 0 Å². The van der Waals surface area contributed by atoms with Gasteiger partial charge in [-0.25, -0.2) is 0 Å². The Hall–Kier alpha value is -0.0800. The van der Waals surface area contributed by atoms with E-state index in [0.717, 1.165) is 31.1 Å². The zero-order valence-corrected chi connectivity index (χ0v) is 10.9. The Labute approximate surface area is 95.4 Å². The highest BCUT2D eigenvalue weighted by Gasteiger charge is 2.24. The maximum Gasteiger partial charge on any atom is 0.00950 e. The van der Waals surface area contributed by atoms with Crippen LogP contribution in [0.3, 0.4) is 0 Å². The second-order valence-electron chi connectivity index (χ2n) is 5.49. The first-order valence-corrected chi connectivity index (χ1v) is 6.54. The van der Waals surface area contributed by atoms with E-state index in [1.807, 2.05) is 0 Å². The van der Waals surface area contributed by atoms with Gasteiger partial charge in [-0.3, -0.25) is 0 Å². The third-order valence-corrected chi connectivity index (χ3v) is 3.64. The summed E-state index contributed by atoms with van der Waals surface area (Å²) in [5.41, 5.74) is 0. The Balaban J connectivity index is 2.04. The molecule has 0 heterocycles. The van der Waals surface area contributed by atoms with Crippen LogP contribution in [-0.2, 0) is 0 Å². The van der Waals surface area contributed by atoms with Crippen LogP contribution in [0.25, 0.3) is 0 Å². The second kappa shape index (κ2) is 6.49. The lowest BCUT2D eigenvalue weighted by Gasteiger charge is -2.38. The summed E-state index contributed by atoms with van der Waals surface area (Å²) in [4.78, 5) is 2.57. The van der Waals surface area contributed by atoms with E-state index in [2.05, 4.69) is 38.0 Å². The molecule has 2 nitrogen and oxygen atoms in total. The van der Waals surface area contributed by atoms with Gasteiger partial charge in [-0.05, 0) is 52.2 Å². The van der Waals surface area contributed by atoms with Crippen LogP contribution in [0.15, 0.2) is 0 Å². The molecule has 1 aliphatic rings. The first kappa shape index (κ1) is 13.0. The standard InChI is InChI=1S/C13H28N2/c1-11(2)10-14-9-8-12(3)15(4)13-6-5-7-13/h11-14H,5-10H2,1-4H3. The quantitative estimate of drug-likeness (QED) is 0.652. The molecule has 0 aromatic carbocycles. The molecule has 0 spiro atoms. The molecule has 1 aliphatic carbocycles. The fourth-order valence-electron chi connectivity index (χ4n) is 2.06. The Bertz CT molecular complexity index is 164. The molecule has 1 saturated carbocycles. The van der Waals surface area contributed by atoms with Crippen LogP contribution in [0.2, 0.25) is 0 Å². The molecule has 0 aliphatic heterocycles. The SMILES string of the molecule is CC(C)CNCCC(C)N(C)C1CCC1. The van der Waals surface area contributed by atoms with Crippen molar-refractivity contribution in [2.75, 3.05) is 20.1 Å². The van der Waals surface area contributed by atoms with Gasteiger partial charge in [0, 0.05) is 12.1 Å². The summed E-state index contributed by atoms with van der Waals surface area (Å²) in [6.45, 7) is 9.19. The van der Waals surface area contributed by atoms with Gasteiger partial charge in [0.25, 0.3) is 0 Å². The summed E-state index contributed by atoms with van der Waals surface area (Å²) < 4.78 is 0. The lowest BCUT2D eigenvalue weighted by atomic mass is 9.90. The van der Waals surface area contributed by atoms with Gasteiger partial charge < -0.3 is 10.2 Å². The van der Waals surface area contributed by atoms with E-state index in [4.69, 9.17) is 0 Å². The third-order valence-electron chi connectivity index (χ3n) is 3.64. The molecule has 1 rings (SSSR count). The minimum absolute atomic E-state index is 0.731. The van der Waals surface area contributed by atoms with Crippen LogP contribution in [0.5, 0.6) is 0 Å². The van der Waals surface area contributed by atoms with Gasteiger partial charge in [0.15, 0.2) is 0 Å². The van der Waals surface area contributed by atoms with Gasteiger partial charge in [0.2, 0.25) is 0 Å². The second-order valence-corrected chi connectivity index (χ2v) is 5.49. The maximum atomic E-state index is 3.52. The average molecular weight is 212 g/mol. The normalized spacial score (nSPS) is 19.6. The van der Waals surface area contributed by atoms with E-state index in [9.17, 15) is 0 Å². The van der Waals surface area contributed by atoms with Crippen LogP contribution in [0.1, 0.15) is 46.5 Å². The van der Waals surface area contributed by atoms with Gasteiger partial charge in [-0.2, -0.15) is 0 Å². The van der Waals surface area contributed by atoms with E-state index in [0.29, 0.717) is 0 Å². The Morgan fingerprint density at radius 2 is 1.93 bits per heavy atom. The molecule has 1 N–H and O–H groups in total. The van der Waals surface area contributed by atoms with Crippen molar-refractivity contribution in [2.45, 2.75) is 58.5 Å². The molecule has 2 heteroatoms. The Kier molecular flexibility index (Phi) is 5.62. The smallest absolute Gasteiger partial charge is 0.00950 e. The largest absolute Gasteiger partial charge is 0.316 e. The molecular weight excluding hydrogens is 184 g/mol. The van der Waals surface area contributed by atoms with Crippen LogP contribution in [-0.4, -0.2) is 37.1 Å². The molecule has 1 unspecified atom stereocenters. The molecule has 0 aromatic heterocycles. The van der Waals surface area contributed by atoms with Crippen LogP contribution in [0, 0.1) is 5.92 Å². The van der Waals surface area contributed by atoms with Crippen molar-refractivity contribution in [3.63, 3.8) is 0 Å². The maximum absolute atomic E-state index is 3.52. The summed E-state index contributed by atoms with van der Waals surface area (Å²) >= 11 is 0. The van der Waals surface area contributed by atoms with Crippen LogP contribution < -0.4 is 5.32 Å². The van der Waals surface area contributed by atoms with E-state index < -0.39 is 0 Å². The lowest BCUT2D eigenvalue weighted by Crippen LogP contribution is -2.43. The summed E-state index contributed by atoms with van der Waals surface area (Å²) in [6.07, 6.45) is 5.55. The molecule has 0 radical (unpaired) electrons. The molecule has 0 bridgehead atoms. The minimum Gasteiger partial charge on any atom is -0.316 e. The van der Waals surface area contributed by atoms with Gasteiger partial charge in [0.05, 0.1) is 0 Å². The molecular formula is C13H28N2. The highest BCUT2D eigenvalue weighted by Crippen LogP contribution is 2.25. The molecule has 0 amide bonds. The van der Waals surface area contributed by atoms with Crippen molar-refractivity contribution in [3.05, 3.63) is 0 Å². The van der Waals surface area contributed by atoms with Gasteiger partial charge >= 0.3 is 0 Å². The van der Waals surface area contributed by atoms with Crippen molar-refractivity contribution >= 4 is 0 Å². The van der Waals surface area contributed by atoms with Crippen molar-refractivity contribution in [1.29, 1.82) is 0 Å². The van der Waals surface area contributed by atoms with Crippen molar-refractivity contribution < 1.29 is 0 Å². The van der Waals surface area contributed by atoms with E-state index in [1.54, 1.807) is 0 Å². The van der Waals surface area contributed by atoms with Crippen molar-refractivity contribution in [1.82, 2.24) is 10.2 Å². The van der Waals surface area contributed by atoms with Crippen molar-refractivity contribution in [2.24, 2.45) is 5.92 Å². The lowest BCUT2D eigenvalue weighted by molar-refractivity contribution is 0.113. The zero-order valence-electron chi connectivity index (χ0n) is 10.9. The fraction of sp³-hybridized carbons (Fsp3) is 1.00. The van der Waals surface area contributed by atoms with E-state index in [1.165, 1.54) is 25.7 Å². The predicted octanol–water partition coefficient (Wildman–Crippen LogP) is 2.49. The molecule has 15 heavy (non-hydrogen) atoms. The first-order valence-electron chi connectivity index (χ1n) is 6.54.